The van der Waals surface area contributed by atoms with E-state index < -0.39 is 23.9 Å². The van der Waals surface area contributed by atoms with E-state index in [1.165, 1.54) is 4.90 Å². The van der Waals surface area contributed by atoms with Crippen molar-refractivity contribution < 1.29 is 14.4 Å². The molecule has 0 saturated carbocycles. The number of nitrogens with one attached hydrogen (secondary N) is 1. The van der Waals surface area contributed by atoms with Crippen molar-refractivity contribution in [3.63, 3.8) is 0 Å². The number of hydrogen-bond acceptors (Lipinski definition) is 5. The zero-order chi connectivity index (χ0) is 20.8. The minimum absolute atomic E-state index is 0.310. The number of nitrogens with zero attached hydrogens (tertiary/aromatic N) is 3. The van der Waals surface area contributed by atoms with Gasteiger partial charge < -0.3 is 5.32 Å². The number of carbonyl (C=O) groups is 3. The summed E-state index contributed by atoms with van der Waals surface area (Å²) in [4.78, 5) is 41.2. The second kappa shape index (κ2) is 7.21. The van der Waals surface area contributed by atoms with Crippen LogP contribution < -0.4 is 10.2 Å². The van der Waals surface area contributed by atoms with Gasteiger partial charge in [-0.1, -0.05) is 46.3 Å². The number of para-hydroxylation sites is 1. The fraction of sp³-hybridized carbons (Fsp3) is 0.182. The van der Waals surface area contributed by atoms with E-state index in [1.54, 1.807) is 47.6 Å². The molecule has 0 unspecified atom stereocenters. The second-order valence-electron chi connectivity index (χ2n) is 7.36. The summed E-state index contributed by atoms with van der Waals surface area (Å²) in [6.45, 7) is 0. The molecule has 1 N–H and O–H groups in total. The lowest BCUT2D eigenvalue weighted by Crippen LogP contribution is -2.47. The molecular weight excluding hydrogens is 448 g/mol. The number of halogens is 1. The van der Waals surface area contributed by atoms with Crippen molar-refractivity contribution in [2.75, 3.05) is 10.2 Å². The third-order valence-electron chi connectivity index (χ3n) is 5.67. The highest BCUT2D eigenvalue weighted by Gasteiger charge is 2.64. The molecule has 2 aromatic rings. The first-order chi connectivity index (χ1) is 14.6. The largest absolute Gasteiger partial charge is 0.324 e. The van der Waals surface area contributed by atoms with Crippen molar-refractivity contribution in [1.82, 2.24) is 5.01 Å². The van der Waals surface area contributed by atoms with Gasteiger partial charge in [-0.05, 0) is 36.4 Å². The van der Waals surface area contributed by atoms with Gasteiger partial charge >= 0.3 is 0 Å². The number of allylic oxidation sites excluding steroid dienone is 1. The summed E-state index contributed by atoms with van der Waals surface area (Å²) in [6, 6.07) is 14.7. The molecule has 5 rings (SSSR count). The van der Waals surface area contributed by atoms with Gasteiger partial charge in [-0.2, -0.15) is 5.10 Å². The van der Waals surface area contributed by atoms with E-state index in [0.29, 0.717) is 11.4 Å². The van der Waals surface area contributed by atoms with Crippen LogP contribution in [0.25, 0.3) is 0 Å². The first kappa shape index (κ1) is 18.7. The Morgan fingerprint density at radius 1 is 1.00 bits per heavy atom. The number of fused-ring (bicyclic) bond motifs is 3. The lowest BCUT2D eigenvalue weighted by molar-refractivity contribution is -0.129. The van der Waals surface area contributed by atoms with Crippen LogP contribution in [-0.4, -0.2) is 41.0 Å². The quantitative estimate of drug-likeness (QED) is 0.707. The molecule has 3 heterocycles. The average molecular weight is 465 g/mol. The van der Waals surface area contributed by atoms with Gasteiger partial charge in [0.25, 0.3) is 0 Å². The fourth-order valence-corrected chi connectivity index (χ4v) is 4.83. The van der Waals surface area contributed by atoms with E-state index in [-0.39, 0.29) is 17.7 Å². The zero-order valence-corrected chi connectivity index (χ0v) is 17.3. The molecule has 4 atom stereocenters. The number of rotatable bonds is 3. The minimum atomic E-state index is -0.880. The summed E-state index contributed by atoms with van der Waals surface area (Å²) in [5.74, 6) is -2.53. The van der Waals surface area contributed by atoms with Gasteiger partial charge in [-0.25, -0.2) is 4.90 Å². The molecule has 0 aromatic heterocycles. The van der Waals surface area contributed by atoms with Crippen LogP contribution in [0.3, 0.4) is 0 Å². The summed E-state index contributed by atoms with van der Waals surface area (Å²) in [5.41, 5.74) is 1.12. The maximum Gasteiger partial charge on any atom is 0.249 e. The number of anilines is 2. The summed E-state index contributed by atoms with van der Waals surface area (Å²) in [6.07, 6.45) is 5.15. The maximum absolute atomic E-state index is 13.4. The summed E-state index contributed by atoms with van der Waals surface area (Å²) < 4.78 is 0.764. The lowest BCUT2D eigenvalue weighted by Gasteiger charge is -2.30. The van der Waals surface area contributed by atoms with E-state index >= 15 is 0 Å². The van der Waals surface area contributed by atoms with Crippen molar-refractivity contribution in [2.45, 2.75) is 12.1 Å². The number of benzene rings is 2. The standard InChI is InChI=1S/C22H17BrN4O3/c23-13-6-4-9-15(12-13)26-21(29)17-16-10-5-11-24-27(16)19(18(17)22(26)30)20(28)25-14-7-2-1-3-8-14/h1-12,16-19H,(H,25,28)/t16-,17-,18-,19+/m1/s1. The van der Waals surface area contributed by atoms with Crippen LogP contribution in [-0.2, 0) is 14.4 Å². The van der Waals surface area contributed by atoms with Crippen LogP contribution in [0.2, 0.25) is 0 Å². The van der Waals surface area contributed by atoms with Gasteiger partial charge in [0, 0.05) is 16.4 Å². The first-order valence-corrected chi connectivity index (χ1v) is 10.3. The SMILES string of the molecule is O=C(Nc1ccccc1)[C@@H]1[C@@H]2C(=O)N(c3cccc(Br)c3)C(=O)[C@@H]2[C@H]2C=CC=NN21. The molecule has 7 nitrogen and oxygen atoms in total. The Hall–Kier alpha value is -3.26. The maximum atomic E-state index is 13.4. The molecule has 8 heteroatoms. The molecule has 0 aliphatic carbocycles. The van der Waals surface area contributed by atoms with Gasteiger partial charge in [0.2, 0.25) is 17.7 Å². The van der Waals surface area contributed by atoms with Gasteiger partial charge in [-0.15, -0.1) is 0 Å². The number of carbonyl (C=O) groups excluding carboxylic acids is 3. The third-order valence-corrected chi connectivity index (χ3v) is 6.16. The Kier molecular flexibility index (Phi) is 4.51. The van der Waals surface area contributed by atoms with Crippen LogP contribution in [0, 0.1) is 11.8 Å². The molecular formula is C22H17BrN4O3. The number of imide groups is 1. The molecule has 2 aromatic carbocycles. The molecule has 150 valence electrons. The molecule has 2 saturated heterocycles. The highest BCUT2D eigenvalue weighted by Crippen LogP contribution is 2.45. The summed E-state index contributed by atoms with van der Waals surface area (Å²) >= 11 is 3.39. The van der Waals surface area contributed by atoms with Crippen molar-refractivity contribution in [3.05, 3.63) is 71.2 Å². The molecule has 3 aliphatic rings. The highest BCUT2D eigenvalue weighted by molar-refractivity contribution is 9.10. The van der Waals surface area contributed by atoms with E-state index in [2.05, 4.69) is 26.3 Å². The monoisotopic (exact) mass is 464 g/mol. The Morgan fingerprint density at radius 2 is 1.77 bits per heavy atom. The summed E-state index contributed by atoms with van der Waals surface area (Å²) in [5, 5.41) is 8.77. The average Bonchev–Trinajstić information content (AvgIpc) is 3.22. The smallest absolute Gasteiger partial charge is 0.249 e. The van der Waals surface area contributed by atoms with Gasteiger partial charge in [0.1, 0.15) is 6.04 Å². The predicted molar refractivity (Wildman–Crippen MR) is 116 cm³/mol. The van der Waals surface area contributed by atoms with E-state index in [0.717, 1.165) is 4.47 Å². The van der Waals surface area contributed by atoms with Gasteiger partial charge in [0.15, 0.2) is 0 Å². The fourth-order valence-electron chi connectivity index (χ4n) is 4.44. The van der Waals surface area contributed by atoms with Crippen molar-refractivity contribution in [1.29, 1.82) is 0 Å². The van der Waals surface area contributed by atoms with Crippen LogP contribution in [0.15, 0.2) is 76.3 Å². The number of hydrogen-bond donors (Lipinski definition) is 1. The molecule has 0 bridgehead atoms. The van der Waals surface area contributed by atoms with Crippen LogP contribution >= 0.6 is 15.9 Å². The summed E-state index contributed by atoms with van der Waals surface area (Å²) in [7, 11) is 0. The first-order valence-electron chi connectivity index (χ1n) is 9.54. The molecule has 30 heavy (non-hydrogen) atoms. The van der Waals surface area contributed by atoms with Crippen LogP contribution in [0.4, 0.5) is 11.4 Å². The number of hydrazone groups is 1. The van der Waals surface area contributed by atoms with Crippen molar-refractivity contribution in [3.8, 4) is 0 Å². The topological polar surface area (TPSA) is 82.1 Å². The van der Waals surface area contributed by atoms with Gasteiger partial charge in [-0.3, -0.25) is 19.4 Å². The number of amides is 3. The Morgan fingerprint density at radius 3 is 2.53 bits per heavy atom. The Bertz CT molecular complexity index is 1100. The Balaban J connectivity index is 1.53. The molecule has 2 fully saturated rings. The normalized spacial score (nSPS) is 26.7. The molecule has 3 aliphatic heterocycles. The minimum Gasteiger partial charge on any atom is -0.324 e. The highest BCUT2D eigenvalue weighted by atomic mass is 79.9. The molecule has 0 radical (unpaired) electrons. The molecule has 0 spiro atoms. The van der Waals surface area contributed by atoms with Gasteiger partial charge in [0.05, 0.1) is 23.6 Å². The molecule has 3 amide bonds. The zero-order valence-electron chi connectivity index (χ0n) is 15.7. The van der Waals surface area contributed by atoms with E-state index in [1.807, 2.05) is 30.3 Å². The van der Waals surface area contributed by atoms with Crippen LogP contribution in [0.5, 0.6) is 0 Å². The van der Waals surface area contributed by atoms with E-state index in [4.69, 9.17) is 0 Å². The lowest BCUT2D eigenvalue weighted by atomic mass is 9.88. The third kappa shape index (κ3) is 2.87. The van der Waals surface area contributed by atoms with Crippen LogP contribution in [0.1, 0.15) is 0 Å². The van der Waals surface area contributed by atoms with Crippen molar-refractivity contribution in [2.24, 2.45) is 16.9 Å². The van der Waals surface area contributed by atoms with E-state index in [9.17, 15) is 14.4 Å². The second-order valence-corrected chi connectivity index (χ2v) is 8.28. The predicted octanol–water partition coefficient (Wildman–Crippen LogP) is 2.80. The van der Waals surface area contributed by atoms with Crippen molar-refractivity contribution >= 4 is 51.2 Å². The Labute approximate surface area is 181 Å².